The van der Waals surface area contributed by atoms with Crippen molar-refractivity contribution in [2.24, 2.45) is 5.92 Å². The van der Waals surface area contributed by atoms with E-state index in [-0.39, 0.29) is 25.0 Å². The maximum absolute atomic E-state index is 13.5. The molecule has 1 aromatic heterocycles. The molecule has 6 heteroatoms. The van der Waals surface area contributed by atoms with Crippen LogP contribution in [0.25, 0.3) is 10.9 Å². The predicted octanol–water partition coefficient (Wildman–Crippen LogP) is 5.38. The van der Waals surface area contributed by atoms with E-state index in [9.17, 15) is 14.7 Å². The zero-order chi connectivity index (χ0) is 23.9. The molecule has 0 aliphatic heterocycles. The van der Waals surface area contributed by atoms with Crippen LogP contribution in [0.4, 0.5) is 4.79 Å². The summed E-state index contributed by atoms with van der Waals surface area (Å²) in [6, 6.07) is 26.9. The number of carbonyl (C=O) groups excluding carboxylic acids is 1. The second-order valence-corrected chi connectivity index (χ2v) is 8.55. The number of carbonyl (C=O) groups is 2. The van der Waals surface area contributed by atoms with Gasteiger partial charge < -0.3 is 20.3 Å². The van der Waals surface area contributed by atoms with Gasteiger partial charge in [0.25, 0.3) is 0 Å². The maximum atomic E-state index is 13.5. The highest BCUT2D eigenvalue weighted by molar-refractivity contribution is 5.85. The van der Waals surface area contributed by atoms with Gasteiger partial charge in [0.15, 0.2) is 0 Å². The van der Waals surface area contributed by atoms with Crippen molar-refractivity contribution in [3.05, 3.63) is 108 Å². The number of rotatable bonds is 9. The van der Waals surface area contributed by atoms with E-state index in [1.54, 1.807) is 0 Å². The van der Waals surface area contributed by atoms with Gasteiger partial charge in [-0.05, 0) is 36.1 Å². The predicted molar refractivity (Wildman–Crippen MR) is 133 cm³/mol. The van der Waals surface area contributed by atoms with Crippen LogP contribution in [0.15, 0.2) is 91.1 Å². The lowest BCUT2D eigenvalue weighted by Gasteiger charge is -2.26. The Hall–Kier alpha value is -4.06. The van der Waals surface area contributed by atoms with Crippen LogP contribution in [0.1, 0.15) is 29.7 Å². The molecule has 2 atom stereocenters. The topological polar surface area (TPSA) is 85.4 Å². The molecule has 0 saturated heterocycles. The van der Waals surface area contributed by atoms with Crippen LogP contribution in [0.3, 0.4) is 0 Å². The highest BCUT2D eigenvalue weighted by atomic mass is 16.4. The molecule has 2 amide bonds. The monoisotopic (exact) mass is 455 g/mol. The molecule has 1 heterocycles. The highest BCUT2D eigenvalue weighted by Gasteiger charge is 2.27. The van der Waals surface area contributed by atoms with Gasteiger partial charge in [0.2, 0.25) is 5.91 Å². The van der Waals surface area contributed by atoms with Crippen LogP contribution in [0.5, 0.6) is 0 Å². The Kier molecular flexibility index (Phi) is 7.28. The number of nitrogens with zero attached hydrogens (tertiary/aromatic N) is 1. The first-order valence-electron chi connectivity index (χ1n) is 11.4. The SMILES string of the molecule is C[C@H](NC(=O)[C@H](Cc1c[nH]c2ccccc12)CN(Cc1ccccc1)C(=O)O)c1ccccc1. The lowest BCUT2D eigenvalue weighted by molar-refractivity contribution is -0.126. The third-order valence-electron chi connectivity index (χ3n) is 6.10. The number of hydrogen-bond acceptors (Lipinski definition) is 2. The minimum atomic E-state index is -1.04. The van der Waals surface area contributed by atoms with Crippen molar-refractivity contribution in [3.8, 4) is 0 Å². The van der Waals surface area contributed by atoms with E-state index in [1.165, 1.54) is 4.90 Å². The summed E-state index contributed by atoms with van der Waals surface area (Å²) in [5, 5.41) is 14.1. The fourth-order valence-corrected chi connectivity index (χ4v) is 4.24. The molecule has 0 saturated carbocycles. The zero-order valence-electron chi connectivity index (χ0n) is 19.1. The second kappa shape index (κ2) is 10.7. The number of aromatic nitrogens is 1. The van der Waals surface area contributed by atoms with Gasteiger partial charge in [-0.1, -0.05) is 78.9 Å². The normalized spacial score (nSPS) is 12.7. The lowest BCUT2D eigenvalue weighted by Crippen LogP contribution is -2.42. The third-order valence-corrected chi connectivity index (χ3v) is 6.10. The Morgan fingerprint density at radius 2 is 1.59 bits per heavy atom. The van der Waals surface area contributed by atoms with Crippen molar-refractivity contribution < 1.29 is 14.7 Å². The first-order chi connectivity index (χ1) is 16.5. The van der Waals surface area contributed by atoms with E-state index in [2.05, 4.69) is 10.3 Å². The number of H-pyrrole nitrogens is 1. The summed E-state index contributed by atoms with van der Waals surface area (Å²) in [6.07, 6.45) is 1.29. The summed E-state index contributed by atoms with van der Waals surface area (Å²) >= 11 is 0. The number of amides is 2. The first-order valence-corrected chi connectivity index (χ1v) is 11.4. The van der Waals surface area contributed by atoms with Gasteiger partial charge in [0, 0.05) is 30.2 Å². The van der Waals surface area contributed by atoms with Gasteiger partial charge in [-0.3, -0.25) is 4.79 Å². The molecule has 0 bridgehead atoms. The molecule has 0 unspecified atom stereocenters. The van der Waals surface area contributed by atoms with E-state index >= 15 is 0 Å². The smallest absolute Gasteiger partial charge is 0.407 e. The van der Waals surface area contributed by atoms with Crippen LogP contribution in [0.2, 0.25) is 0 Å². The van der Waals surface area contributed by atoms with E-state index in [1.807, 2.05) is 98.0 Å². The van der Waals surface area contributed by atoms with E-state index < -0.39 is 12.0 Å². The Morgan fingerprint density at radius 3 is 2.29 bits per heavy atom. The van der Waals surface area contributed by atoms with Gasteiger partial charge >= 0.3 is 6.09 Å². The lowest BCUT2D eigenvalue weighted by atomic mass is 9.96. The molecule has 174 valence electrons. The largest absolute Gasteiger partial charge is 0.465 e. The van der Waals surface area contributed by atoms with Crippen LogP contribution in [-0.2, 0) is 17.8 Å². The first kappa shape index (κ1) is 23.1. The molecule has 4 rings (SSSR count). The molecule has 0 spiro atoms. The van der Waals surface area contributed by atoms with Crippen LogP contribution in [-0.4, -0.2) is 33.5 Å². The van der Waals surface area contributed by atoms with Crippen LogP contribution in [0, 0.1) is 5.92 Å². The molecule has 0 radical (unpaired) electrons. The van der Waals surface area contributed by atoms with Gasteiger partial charge in [-0.2, -0.15) is 0 Å². The number of carboxylic acid groups (broad SMARTS) is 1. The summed E-state index contributed by atoms with van der Waals surface area (Å²) in [5.41, 5.74) is 3.87. The summed E-state index contributed by atoms with van der Waals surface area (Å²) < 4.78 is 0. The van der Waals surface area contributed by atoms with Crippen molar-refractivity contribution in [1.29, 1.82) is 0 Å². The fraction of sp³-hybridized carbons (Fsp3) is 0.214. The highest BCUT2D eigenvalue weighted by Crippen LogP contribution is 2.23. The van der Waals surface area contributed by atoms with Gasteiger partial charge in [0.05, 0.1) is 12.0 Å². The molecule has 3 N–H and O–H groups in total. The average molecular weight is 456 g/mol. The van der Waals surface area contributed by atoms with E-state index in [4.69, 9.17) is 0 Å². The Bertz CT molecular complexity index is 1240. The van der Waals surface area contributed by atoms with Crippen LogP contribution >= 0.6 is 0 Å². The molecule has 34 heavy (non-hydrogen) atoms. The number of para-hydroxylation sites is 1. The Labute approximate surface area is 199 Å². The number of nitrogens with one attached hydrogen (secondary N) is 2. The van der Waals surface area contributed by atoms with Gasteiger partial charge in [0.1, 0.15) is 0 Å². The van der Waals surface area contributed by atoms with Crippen LogP contribution < -0.4 is 5.32 Å². The Morgan fingerprint density at radius 1 is 0.941 bits per heavy atom. The van der Waals surface area contributed by atoms with E-state index in [0.717, 1.165) is 27.6 Å². The van der Waals surface area contributed by atoms with Gasteiger partial charge in [-0.25, -0.2) is 4.79 Å². The second-order valence-electron chi connectivity index (χ2n) is 8.55. The van der Waals surface area contributed by atoms with Crippen molar-refractivity contribution in [2.45, 2.75) is 25.9 Å². The number of fused-ring (bicyclic) bond motifs is 1. The van der Waals surface area contributed by atoms with Crippen molar-refractivity contribution >= 4 is 22.9 Å². The summed E-state index contributed by atoms with van der Waals surface area (Å²) in [5.74, 6) is -0.717. The molecular weight excluding hydrogens is 426 g/mol. The molecule has 0 fully saturated rings. The fourth-order valence-electron chi connectivity index (χ4n) is 4.24. The molecule has 0 aliphatic rings. The van der Waals surface area contributed by atoms with E-state index in [0.29, 0.717) is 6.42 Å². The molecular formula is C28H29N3O3. The number of hydrogen-bond donors (Lipinski definition) is 3. The third kappa shape index (κ3) is 5.64. The molecule has 6 nitrogen and oxygen atoms in total. The molecule has 0 aliphatic carbocycles. The van der Waals surface area contributed by atoms with Gasteiger partial charge in [-0.15, -0.1) is 0 Å². The maximum Gasteiger partial charge on any atom is 0.407 e. The average Bonchev–Trinajstić information content (AvgIpc) is 3.27. The summed E-state index contributed by atoms with van der Waals surface area (Å²) in [7, 11) is 0. The Balaban J connectivity index is 1.58. The molecule has 4 aromatic rings. The molecule has 3 aromatic carbocycles. The zero-order valence-corrected chi connectivity index (χ0v) is 19.1. The number of aromatic amines is 1. The summed E-state index contributed by atoms with van der Waals surface area (Å²) in [6.45, 7) is 2.26. The quantitative estimate of drug-likeness (QED) is 0.317. The van der Waals surface area contributed by atoms with Crippen molar-refractivity contribution in [2.75, 3.05) is 6.54 Å². The van der Waals surface area contributed by atoms with Crippen molar-refractivity contribution in [3.63, 3.8) is 0 Å². The summed E-state index contributed by atoms with van der Waals surface area (Å²) in [4.78, 5) is 30.1. The minimum absolute atomic E-state index is 0.0943. The van der Waals surface area contributed by atoms with Crippen molar-refractivity contribution in [1.82, 2.24) is 15.2 Å². The number of benzene rings is 3. The minimum Gasteiger partial charge on any atom is -0.465 e. The standard InChI is InChI=1S/C28H29N3O3/c1-20(22-12-6-3-7-13-22)30-27(32)24(16-23-17-29-26-15-9-8-14-25(23)26)19-31(28(33)34)18-21-10-4-2-5-11-21/h2-15,17,20,24,29H,16,18-19H2,1H3,(H,30,32)(H,33,34)/t20-,24+/m0/s1.